The van der Waals surface area contributed by atoms with Crippen LogP contribution in [0.5, 0.6) is 0 Å². The molecular formula is C9H8N2O2S. The molecule has 1 heterocycles. The maximum absolute atomic E-state index is 10.7. The van der Waals surface area contributed by atoms with E-state index in [0.29, 0.717) is 4.90 Å². The Balaban J connectivity index is 2.51. The molecule has 0 atom stereocenters. The lowest BCUT2D eigenvalue weighted by atomic mass is 10.3. The summed E-state index contributed by atoms with van der Waals surface area (Å²) in [6.45, 7) is 0. The summed E-state index contributed by atoms with van der Waals surface area (Å²) in [7, 11) is -2.53. The smallest absolute Gasteiger partial charge is 0.168 e. The Labute approximate surface area is 82.8 Å². The summed E-state index contributed by atoms with van der Waals surface area (Å²) in [5, 5.41) is 4.01. The van der Waals surface area contributed by atoms with Crippen LogP contribution >= 0.6 is 0 Å². The quantitative estimate of drug-likeness (QED) is 0.744. The third-order valence-electron chi connectivity index (χ3n) is 1.81. The summed E-state index contributed by atoms with van der Waals surface area (Å²) in [6, 6.07) is 8.41. The van der Waals surface area contributed by atoms with E-state index in [1.807, 2.05) is 0 Å². The van der Waals surface area contributed by atoms with E-state index in [9.17, 15) is 8.42 Å². The van der Waals surface area contributed by atoms with Gasteiger partial charge >= 0.3 is 0 Å². The first kappa shape index (κ1) is 8.96. The average Bonchev–Trinajstić information content (AvgIpc) is 2.71. The van der Waals surface area contributed by atoms with Gasteiger partial charge in [0.1, 0.15) is 0 Å². The SMILES string of the molecule is O=[SH](=O)c1cccc(-n2cccn2)c1. The van der Waals surface area contributed by atoms with Crippen molar-refractivity contribution in [3.05, 3.63) is 42.7 Å². The molecule has 0 aliphatic rings. The summed E-state index contributed by atoms with van der Waals surface area (Å²) in [5.41, 5.74) is 0.742. The van der Waals surface area contributed by atoms with Crippen LogP contribution in [0.25, 0.3) is 5.69 Å². The molecule has 72 valence electrons. The number of thiol groups is 1. The summed E-state index contributed by atoms with van der Waals surface area (Å²) in [5.74, 6) is 0. The molecule has 0 saturated heterocycles. The molecule has 2 rings (SSSR count). The lowest BCUT2D eigenvalue weighted by Crippen LogP contribution is -1.94. The Morgan fingerprint density at radius 1 is 1.21 bits per heavy atom. The predicted molar refractivity (Wildman–Crippen MR) is 52.1 cm³/mol. The maximum atomic E-state index is 10.7. The molecule has 14 heavy (non-hydrogen) atoms. The minimum absolute atomic E-state index is 0.299. The van der Waals surface area contributed by atoms with Crippen molar-refractivity contribution in [2.45, 2.75) is 4.90 Å². The fraction of sp³-hybridized carbons (Fsp3) is 0. The third-order valence-corrected chi connectivity index (χ3v) is 2.51. The van der Waals surface area contributed by atoms with Gasteiger partial charge in [-0.2, -0.15) is 5.10 Å². The van der Waals surface area contributed by atoms with Gasteiger partial charge in [-0.15, -0.1) is 0 Å². The van der Waals surface area contributed by atoms with Gasteiger partial charge in [-0.25, -0.2) is 13.1 Å². The molecule has 0 saturated carbocycles. The van der Waals surface area contributed by atoms with E-state index in [4.69, 9.17) is 0 Å². The lowest BCUT2D eigenvalue weighted by Gasteiger charge is -2.00. The Hall–Kier alpha value is -1.62. The molecule has 1 aromatic heterocycles. The van der Waals surface area contributed by atoms with E-state index in [2.05, 4.69) is 5.10 Å². The lowest BCUT2D eigenvalue weighted by molar-refractivity contribution is 0.614. The topological polar surface area (TPSA) is 52.0 Å². The van der Waals surface area contributed by atoms with Crippen molar-refractivity contribution in [2.24, 2.45) is 0 Å². The van der Waals surface area contributed by atoms with Gasteiger partial charge in [0.15, 0.2) is 10.7 Å². The molecule has 5 heteroatoms. The van der Waals surface area contributed by atoms with Crippen LogP contribution in [-0.2, 0) is 10.7 Å². The highest BCUT2D eigenvalue weighted by atomic mass is 32.2. The van der Waals surface area contributed by atoms with E-state index < -0.39 is 10.7 Å². The molecule has 0 amide bonds. The van der Waals surface area contributed by atoms with Crippen LogP contribution in [0.2, 0.25) is 0 Å². The minimum atomic E-state index is -2.53. The minimum Gasteiger partial charge on any atom is -0.241 e. The Kier molecular flexibility index (Phi) is 2.32. The average molecular weight is 208 g/mol. The third kappa shape index (κ3) is 1.67. The molecule has 0 spiro atoms. The molecule has 0 aliphatic heterocycles. The van der Waals surface area contributed by atoms with Gasteiger partial charge in [0.05, 0.1) is 10.6 Å². The number of aromatic nitrogens is 2. The van der Waals surface area contributed by atoms with Crippen molar-refractivity contribution in [1.29, 1.82) is 0 Å². The van der Waals surface area contributed by atoms with Crippen LogP contribution in [0.3, 0.4) is 0 Å². The number of benzene rings is 1. The van der Waals surface area contributed by atoms with Crippen LogP contribution in [0.1, 0.15) is 0 Å². The fourth-order valence-corrected chi connectivity index (χ4v) is 1.62. The molecule has 0 aliphatic carbocycles. The molecule has 0 N–H and O–H groups in total. The monoisotopic (exact) mass is 208 g/mol. The predicted octanol–water partition coefficient (Wildman–Crippen LogP) is 0.843. The van der Waals surface area contributed by atoms with Crippen molar-refractivity contribution in [1.82, 2.24) is 9.78 Å². The second kappa shape index (κ2) is 3.63. The number of hydrogen-bond donors (Lipinski definition) is 1. The van der Waals surface area contributed by atoms with E-state index in [1.54, 1.807) is 47.4 Å². The van der Waals surface area contributed by atoms with E-state index in [1.165, 1.54) is 0 Å². The molecule has 0 unspecified atom stereocenters. The van der Waals surface area contributed by atoms with E-state index in [-0.39, 0.29) is 0 Å². The Morgan fingerprint density at radius 2 is 2.07 bits per heavy atom. The van der Waals surface area contributed by atoms with Crippen LogP contribution in [-0.4, -0.2) is 18.2 Å². The molecule has 0 fully saturated rings. The summed E-state index contributed by atoms with van der Waals surface area (Å²) >= 11 is 0. The second-order valence-electron chi connectivity index (χ2n) is 2.73. The zero-order chi connectivity index (χ0) is 9.97. The van der Waals surface area contributed by atoms with Crippen molar-refractivity contribution in [2.75, 3.05) is 0 Å². The number of nitrogens with zero attached hydrogens (tertiary/aromatic N) is 2. The van der Waals surface area contributed by atoms with E-state index in [0.717, 1.165) is 5.69 Å². The first-order valence-corrected chi connectivity index (χ1v) is 5.19. The van der Waals surface area contributed by atoms with Gasteiger partial charge in [-0.1, -0.05) is 6.07 Å². The molecule has 2 aromatic rings. The van der Waals surface area contributed by atoms with Gasteiger partial charge < -0.3 is 0 Å². The molecule has 4 nitrogen and oxygen atoms in total. The zero-order valence-electron chi connectivity index (χ0n) is 7.20. The molecule has 0 radical (unpaired) electrons. The van der Waals surface area contributed by atoms with Gasteiger partial charge in [0, 0.05) is 12.4 Å². The number of rotatable bonds is 2. The van der Waals surface area contributed by atoms with Crippen molar-refractivity contribution in [3.63, 3.8) is 0 Å². The molecule has 1 aromatic carbocycles. The number of hydrogen-bond acceptors (Lipinski definition) is 3. The fourth-order valence-electron chi connectivity index (χ4n) is 1.17. The summed E-state index contributed by atoms with van der Waals surface area (Å²) in [4.78, 5) is 0.299. The van der Waals surface area contributed by atoms with Gasteiger partial charge in [0.25, 0.3) is 0 Å². The summed E-state index contributed by atoms with van der Waals surface area (Å²) < 4.78 is 23.1. The zero-order valence-corrected chi connectivity index (χ0v) is 8.09. The first-order chi connectivity index (χ1) is 6.77. The van der Waals surface area contributed by atoms with Crippen molar-refractivity contribution < 1.29 is 8.42 Å². The largest absolute Gasteiger partial charge is 0.241 e. The second-order valence-corrected chi connectivity index (χ2v) is 3.76. The van der Waals surface area contributed by atoms with Crippen LogP contribution in [0.4, 0.5) is 0 Å². The van der Waals surface area contributed by atoms with Crippen molar-refractivity contribution >= 4 is 10.7 Å². The highest BCUT2D eigenvalue weighted by Gasteiger charge is 1.98. The Morgan fingerprint density at radius 3 is 2.71 bits per heavy atom. The normalized spacial score (nSPS) is 10.6. The summed E-state index contributed by atoms with van der Waals surface area (Å²) in [6.07, 6.45) is 3.40. The highest BCUT2D eigenvalue weighted by Crippen LogP contribution is 2.09. The Bertz CT molecular complexity index is 495. The van der Waals surface area contributed by atoms with Gasteiger partial charge in [-0.3, -0.25) is 0 Å². The molecule has 0 bridgehead atoms. The highest BCUT2D eigenvalue weighted by molar-refractivity contribution is 7.72. The maximum Gasteiger partial charge on any atom is 0.168 e. The van der Waals surface area contributed by atoms with Crippen LogP contribution in [0.15, 0.2) is 47.6 Å². The van der Waals surface area contributed by atoms with Gasteiger partial charge in [-0.05, 0) is 24.3 Å². The van der Waals surface area contributed by atoms with E-state index >= 15 is 0 Å². The van der Waals surface area contributed by atoms with Crippen LogP contribution < -0.4 is 0 Å². The standard InChI is InChI=1S/C9H8N2O2S/c12-14(13)9-4-1-3-8(7-9)11-6-2-5-10-11/h1-7,14H. The first-order valence-electron chi connectivity index (χ1n) is 4.02. The molecular weight excluding hydrogens is 200 g/mol. The van der Waals surface area contributed by atoms with Crippen LogP contribution in [0, 0.1) is 0 Å². The van der Waals surface area contributed by atoms with Crippen molar-refractivity contribution in [3.8, 4) is 5.69 Å². The van der Waals surface area contributed by atoms with Gasteiger partial charge in [0.2, 0.25) is 0 Å².